The van der Waals surface area contributed by atoms with Crippen LogP contribution in [-0.2, 0) is 16.0 Å². The Morgan fingerprint density at radius 3 is 2.67 bits per heavy atom. The van der Waals surface area contributed by atoms with Gasteiger partial charge >= 0.3 is 11.9 Å². The molecule has 2 N–H and O–H groups in total. The second-order valence-electron chi connectivity index (χ2n) is 8.91. The normalized spacial score (nSPS) is 19.8. The third-order valence-corrected chi connectivity index (χ3v) is 6.11. The zero-order valence-electron chi connectivity index (χ0n) is 19.1. The van der Waals surface area contributed by atoms with Gasteiger partial charge in [-0.3, -0.25) is 9.59 Å². The topological polar surface area (TPSA) is 77.8 Å². The first-order valence-corrected chi connectivity index (χ1v) is 11.6. The van der Waals surface area contributed by atoms with Crippen LogP contribution in [0.5, 0.6) is 0 Å². The number of hydrogen-bond donors (Lipinski definition) is 2. The summed E-state index contributed by atoms with van der Waals surface area (Å²) in [4.78, 5) is 23.8. The molecular weight excluding hydrogens is 435 g/mol. The van der Waals surface area contributed by atoms with Gasteiger partial charge in [0, 0.05) is 19.4 Å². The van der Waals surface area contributed by atoms with Crippen molar-refractivity contribution in [2.24, 2.45) is 5.92 Å². The quantitative estimate of drug-likeness (QED) is 0.298. The highest BCUT2D eigenvalue weighted by Crippen LogP contribution is 2.34. The van der Waals surface area contributed by atoms with Crippen LogP contribution in [-0.4, -0.2) is 51.6 Å². The number of unbranched alkanes of at least 4 members (excludes halogenated alkanes) is 3. The molecule has 0 radical (unpaired) electrons. The minimum atomic E-state index is -3.42. The van der Waals surface area contributed by atoms with E-state index in [9.17, 15) is 27.9 Å². The number of carboxylic acid groups (broad SMARTS) is 1. The second kappa shape index (κ2) is 12.8. The van der Waals surface area contributed by atoms with E-state index in [0.29, 0.717) is 38.5 Å². The van der Waals surface area contributed by atoms with Crippen molar-refractivity contribution in [2.45, 2.75) is 82.8 Å². The number of nitrogens with zero attached hydrogens (tertiary/aromatic N) is 1. The fraction of sp³-hybridized carbons (Fsp3) is 0.600. The van der Waals surface area contributed by atoms with E-state index in [1.807, 2.05) is 13.0 Å². The molecular formula is C25H34F3NO4. The fourth-order valence-corrected chi connectivity index (χ4v) is 4.10. The third kappa shape index (κ3) is 8.84. The average molecular weight is 470 g/mol. The molecule has 1 aromatic carbocycles. The number of rotatable bonds is 14. The van der Waals surface area contributed by atoms with Crippen LogP contribution in [0.4, 0.5) is 13.2 Å². The Kier molecular flexibility index (Phi) is 10.4. The molecule has 184 valence electrons. The molecule has 2 rings (SSSR count). The van der Waals surface area contributed by atoms with E-state index in [1.165, 1.54) is 24.3 Å². The van der Waals surface area contributed by atoms with Crippen molar-refractivity contribution in [3.05, 3.63) is 47.8 Å². The third-order valence-electron chi connectivity index (χ3n) is 6.11. The van der Waals surface area contributed by atoms with E-state index in [2.05, 4.69) is 0 Å². The number of carboxylic acids is 1. The monoisotopic (exact) mass is 469 g/mol. The number of carbonyl (C=O) groups excluding carboxylic acids is 1. The molecule has 1 aliphatic heterocycles. The van der Waals surface area contributed by atoms with Crippen molar-refractivity contribution in [3.63, 3.8) is 0 Å². The fourth-order valence-electron chi connectivity index (χ4n) is 4.10. The number of aliphatic hydroxyl groups is 1. The number of alkyl halides is 2. The molecule has 1 heterocycles. The van der Waals surface area contributed by atoms with Crippen molar-refractivity contribution < 1.29 is 33.0 Å². The van der Waals surface area contributed by atoms with Crippen LogP contribution in [0.2, 0.25) is 0 Å². The maximum atomic E-state index is 14.0. The predicted molar refractivity (Wildman–Crippen MR) is 119 cm³/mol. The highest BCUT2D eigenvalue weighted by atomic mass is 19.3. The van der Waals surface area contributed by atoms with Gasteiger partial charge in [0.2, 0.25) is 0 Å². The minimum absolute atomic E-state index is 0.0738. The molecule has 1 aromatic rings. The molecule has 0 spiro atoms. The molecule has 5 nitrogen and oxygen atoms in total. The lowest BCUT2D eigenvalue weighted by molar-refractivity contribution is -0.148. The van der Waals surface area contributed by atoms with Crippen molar-refractivity contribution in [1.29, 1.82) is 0 Å². The van der Waals surface area contributed by atoms with Crippen LogP contribution in [0, 0.1) is 11.7 Å². The molecule has 0 saturated carbocycles. The summed E-state index contributed by atoms with van der Waals surface area (Å²) in [6.45, 7) is 2.04. The van der Waals surface area contributed by atoms with Gasteiger partial charge in [0.15, 0.2) is 0 Å². The zero-order chi connectivity index (χ0) is 24.4. The van der Waals surface area contributed by atoms with Crippen molar-refractivity contribution in [1.82, 2.24) is 4.90 Å². The van der Waals surface area contributed by atoms with E-state index >= 15 is 0 Å². The summed E-state index contributed by atoms with van der Waals surface area (Å²) in [6.07, 6.45) is 6.10. The second-order valence-corrected chi connectivity index (χ2v) is 8.91. The SMILES string of the molecule is C[C@@H](CCCc1cccc(F)c1)[C@H](O)C=C[C@H]1CC(F)(F)C(=O)N1CCCCCCC(=O)O. The van der Waals surface area contributed by atoms with Crippen molar-refractivity contribution in [3.8, 4) is 0 Å². The molecule has 33 heavy (non-hydrogen) atoms. The Balaban J connectivity index is 1.82. The summed E-state index contributed by atoms with van der Waals surface area (Å²) in [6, 6.07) is 5.61. The largest absolute Gasteiger partial charge is 0.481 e. The molecule has 8 heteroatoms. The Morgan fingerprint density at radius 2 is 1.97 bits per heavy atom. The zero-order valence-corrected chi connectivity index (χ0v) is 19.1. The number of likely N-dealkylation sites (tertiary alicyclic amines) is 1. The van der Waals surface area contributed by atoms with Gasteiger partial charge in [0.05, 0.1) is 12.1 Å². The Hall–Kier alpha value is -2.35. The summed E-state index contributed by atoms with van der Waals surface area (Å²) in [5.74, 6) is -5.87. The number of aryl methyl sites for hydroxylation is 1. The molecule has 1 aliphatic rings. The van der Waals surface area contributed by atoms with Gasteiger partial charge in [-0.15, -0.1) is 0 Å². The van der Waals surface area contributed by atoms with Gasteiger partial charge in [0.25, 0.3) is 5.91 Å². The lowest BCUT2D eigenvalue weighted by atomic mass is 9.95. The molecule has 1 fully saturated rings. The summed E-state index contributed by atoms with van der Waals surface area (Å²) >= 11 is 0. The standard InChI is InChI=1S/C25H34F3NO4/c1-18(8-6-9-19-10-7-11-20(26)16-19)22(30)14-13-21-17-25(27,28)24(33)29(21)15-5-3-2-4-12-23(31)32/h7,10-11,13-14,16,18,21-22,30H,2-6,8-9,12,15,17H2,1H3,(H,31,32)/t18-,21-,22+/m0/s1. The predicted octanol–water partition coefficient (Wildman–Crippen LogP) is 4.97. The van der Waals surface area contributed by atoms with Crippen LogP contribution >= 0.6 is 0 Å². The van der Waals surface area contributed by atoms with Crippen LogP contribution in [0.15, 0.2) is 36.4 Å². The summed E-state index contributed by atoms with van der Waals surface area (Å²) in [5.41, 5.74) is 0.887. The summed E-state index contributed by atoms with van der Waals surface area (Å²) in [5, 5.41) is 19.1. The number of carbonyl (C=O) groups is 2. The molecule has 1 saturated heterocycles. The van der Waals surface area contributed by atoms with Crippen molar-refractivity contribution >= 4 is 11.9 Å². The molecule has 0 unspecified atom stereocenters. The van der Waals surface area contributed by atoms with E-state index in [4.69, 9.17) is 5.11 Å². The van der Waals surface area contributed by atoms with Gasteiger partial charge in [-0.2, -0.15) is 8.78 Å². The van der Waals surface area contributed by atoms with Crippen molar-refractivity contribution in [2.75, 3.05) is 6.54 Å². The van der Waals surface area contributed by atoms with Gasteiger partial charge in [-0.25, -0.2) is 4.39 Å². The Morgan fingerprint density at radius 1 is 1.24 bits per heavy atom. The molecule has 1 amide bonds. The smallest absolute Gasteiger partial charge is 0.327 e. The van der Waals surface area contributed by atoms with Gasteiger partial charge in [0.1, 0.15) is 5.82 Å². The molecule has 3 atom stereocenters. The van der Waals surface area contributed by atoms with Gasteiger partial charge in [-0.1, -0.05) is 44.1 Å². The summed E-state index contributed by atoms with van der Waals surface area (Å²) in [7, 11) is 0. The molecule has 0 aromatic heterocycles. The Labute approximate surface area is 193 Å². The lowest BCUT2D eigenvalue weighted by Crippen LogP contribution is -2.36. The molecule has 0 bridgehead atoms. The van der Waals surface area contributed by atoms with E-state index in [1.54, 1.807) is 6.07 Å². The highest BCUT2D eigenvalue weighted by molar-refractivity contribution is 5.86. The first-order valence-electron chi connectivity index (χ1n) is 11.6. The van der Waals surface area contributed by atoms with E-state index < -0.39 is 36.4 Å². The van der Waals surface area contributed by atoms with Crippen LogP contribution < -0.4 is 0 Å². The summed E-state index contributed by atoms with van der Waals surface area (Å²) < 4.78 is 41.3. The number of halogens is 3. The number of hydrogen-bond acceptors (Lipinski definition) is 3. The van der Waals surface area contributed by atoms with Gasteiger partial charge in [-0.05, 0) is 55.7 Å². The number of benzene rings is 1. The molecule has 0 aliphatic carbocycles. The van der Waals surface area contributed by atoms with Crippen LogP contribution in [0.1, 0.15) is 63.9 Å². The number of aliphatic carboxylic acids is 1. The number of aliphatic hydroxyl groups excluding tert-OH is 1. The van der Waals surface area contributed by atoms with Gasteiger partial charge < -0.3 is 15.1 Å². The average Bonchev–Trinajstić information content (AvgIpc) is 2.96. The number of amides is 1. The van der Waals surface area contributed by atoms with Crippen LogP contribution in [0.3, 0.4) is 0 Å². The first-order chi connectivity index (χ1) is 15.6. The minimum Gasteiger partial charge on any atom is -0.481 e. The Bertz CT molecular complexity index is 815. The first kappa shape index (κ1) is 26.9. The maximum absolute atomic E-state index is 14.0. The maximum Gasteiger partial charge on any atom is 0.327 e. The van der Waals surface area contributed by atoms with E-state index in [-0.39, 0.29) is 24.7 Å². The lowest BCUT2D eigenvalue weighted by Gasteiger charge is -2.22. The van der Waals surface area contributed by atoms with E-state index in [0.717, 1.165) is 16.9 Å². The van der Waals surface area contributed by atoms with Crippen LogP contribution in [0.25, 0.3) is 0 Å². The highest BCUT2D eigenvalue weighted by Gasteiger charge is 2.52.